The van der Waals surface area contributed by atoms with Crippen molar-refractivity contribution in [2.45, 2.75) is 51.1 Å². The van der Waals surface area contributed by atoms with Crippen LogP contribution in [0.15, 0.2) is 36.7 Å². The lowest BCUT2D eigenvalue weighted by Gasteiger charge is -2.47. The van der Waals surface area contributed by atoms with Gasteiger partial charge in [0.25, 0.3) is 11.8 Å². The van der Waals surface area contributed by atoms with Crippen LogP contribution in [0.4, 0.5) is 23.4 Å². The Kier molecular flexibility index (Phi) is 7.16. The van der Waals surface area contributed by atoms with E-state index in [1.54, 1.807) is 20.9 Å². The average Bonchev–Trinajstić information content (AvgIpc) is 3.12. The lowest BCUT2D eigenvalue weighted by atomic mass is 10.00. The fraction of sp³-hybridized carbons (Fsp3) is 0.417. The van der Waals surface area contributed by atoms with Gasteiger partial charge in [0.1, 0.15) is 17.7 Å². The van der Waals surface area contributed by atoms with Crippen LogP contribution in [0.5, 0.6) is 0 Å². The molecular formula is C24H26F4N6O4. The summed E-state index contributed by atoms with van der Waals surface area (Å²) in [4.78, 5) is 22.7. The Labute approximate surface area is 214 Å². The maximum atomic E-state index is 13.9. The number of anilines is 1. The molecule has 0 aliphatic carbocycles. The summed E-state index contributed by atoms with van der Waals surface area (Å²) in [6.45, 7) is 4.85. The molecular weight excluding hydrogens is 512 g/mol. The van der Waals surface area contributed by atoms with E-state index in [1.165, 1.54) is 28.6 Å². The molecule has 3 aromatic rings. The van der Waals surface area contributed by atoms with Crippen molar-refractivity contribution in [1.82, 2.24) is 24.6 Å². The molecule has 10 nitrogen and oxygen atoms in total. The molecule has 14 heteroatoms. The molecule has 0 spiro atoms. The molecule has 204 valence electrons. The van der Waals surface area contributed by atoms with Crippen molar-refractivity contribution in [3.05, 3.63) is 59.4 Å². The van der Waals surface area contributed by atoms with E-state index in [0.29, 0.717) is 17.5 Å². The van der Waals surface area contributed by atoms with Crippen molar-refractivity contribution in [2.24, 2.45) is 7.05 Å². The molecule has 1 amide bonds. The smallest absolute Gasteiger partial charge is 0.371 e. The third-order valence-corrected chi connectivity index (χ3v) is 6.28. The number of hydrogen-bond acceptors (Lipinski definition) is 8. The highest BCUT2D eigenvalue weighted by Crippen LogP contribution is 2.33. The average molecular weight is 539 g/mol. The van der Waals surface area contributed by atoms with Crippen LogP contribution in [0.25, 0.3) is 11.3 Å². The number of nitrogens with one attached hydrogen (secondary N) is 1. The van der Waals surface area contributed by atoms with Gasteiger partial charge in [-0.25, -0.2) is 9.37 Å². The molecule has 0 saturated carbocycles. The SMILES string of the molecule is Cc1c(-c2ccc(F)cn2)c(C(=O)N2CC(C)OC(C)C2C(O)(O)Nc2ccc(C(F)(F)F)cn2)nn1C. The Hall–Kier alpha value is -3.62. The van der Waals surface area contributed by atoms with Gasteiger partial charge >= 0.3 is 6.18 Å². The molecule has 3 unspecified atom stereocenters. The normalized spacial score (nSPS) is 20.5. The van der Waals surface area contributed by atoms with E-state index >= 15 is 0 Å². The number of amides is 1. The highest BCUT2D eigenvalue weighted by molar-refractivity contribution is 5.99. The fourth-order valence-corrected chi connectivity index (χ4v) is 4.50. The van der Waals surface area contributed by atoms with Crippen LogP contribution in [0, 0.1) is 12.7 Å². The van der Waals surface area contributed by atoms with E-state index in [9.17, 15) is 32.6 Å². The summed E-state index contributed by atoms with van der Waals surface area (Å²) in [5, 5.41) is 28.7. The lowest BCUT2D eigenvalue weighted by Crippen LogP contribution is -2.67. The summed E-state index contributed by atoms with van der Waals surface area (Å²) in [5.41, 5.74) is 0.111. The van der Waals surface area contributed by atoms with Crippen molar-refractivity contribution < 1.29 is 37.3 Å². The van der Waals surface area contributed by atoms with Crippen LogP contribution in [-0.4, -0.2) is 71.5 Å². The van der Waals surface area contributed by atoms with Crippen LogP contribution in [-0.2, 0) is 18.0 Å². The van der Waals surface area contributed by atoms with Crippen LogP contribution in [0.2, 0.25) is 0 Å². The first kappa shape index (κ1) is 27.4. The number of aryl methyl sites for hydroxylation is 1. The van der Waals surface area contributed by atoms with Crippen molar-refractivity contribution in [3.63, 3.8) is 0 Å². The topological polar surface area (TPSA) is 126 Å². The van der Waals surface area contributed by atoms with Crippen molar-refractivity contribution in [2.75, 3.05) is 11.9 Å². The molecule has 1 aliphatic heterocycles. The Morgan fingerprint density at radius 1 is 1.13 bits per heavy atom. The minimum absolute atomic E-state index is 0.0566. The van der Waals surface area contributed by atoms with Gasteiger partial charge in [0.15, 0.2) is 5.69 Å². The first-order valence-electron chi connectivity index (χ1n) is 11.6. The van der Waals surface area contributed by atoms with Crippen LogP contribution in [0.1, 0.15) is 35.6 Å². The minimum atomic E-state index is -4.62. The Morgan fingerprint density at radius 3 is 2.42 bits per heavy atom. The number of carbonyl (C=O) groups excluding carboxylic acids is 1. The number of alkyl halides is 3. The monoisotopic (exact) mass is 538 g/mol. The van der Waals surface area contributed by atoms with Gasteiger partial charge in [-0.1, -0.05) is 0 Å². The van der Waals surface area contributed by atoms with Gasteiger partial charge in [0.2, 0.25) is 0 Å². The van der Waals surface area contributed by atoms with E-state index in [0.717, 1.165) is 18.3 Å². The lowest BCUT2D eigenvalue weighted by molar-refractivity contribution is -0.230. The van der Waals surface area contributed by atoms with E-state index in [4.69, 9.17) is 4.74 Å². The molecule has 3 atom stereocenters. The largest absolute Gasteiger partial charge is 0.417 e. The van der Waals surface area contributed by atoms with Gasteiger partial charge in [-0.15, -0.1) is 0 Å². The molecule has 0 radical (unpaired) electrons. The Morgan fingerprint density at radius 2 is 1.84 bits per heavy atom. The predicted molar refractivity (Wildman–Crippen MR) is 126 cm³/mol. The molecule has 3 N–H and O–H groups in total. The number of aliphatic hydroxyl groups is 2. The number of halogens is 4. The van der Waals surface area contributed by atoms with Crippen LogP contribution in [0.3, 0.4) is 0 Å². The van der Waals surface area contributed by atoms with E-state index in [2.05, 4.69) is 20.4 Å². The Bertz CT molecular complexity index is 1310. The van der Waals surface area contributed by atoms with Crippen molar-refractivity contribution in [1.29, 1.82) is 0 Å². The highest BCUT2D eigenvalue weighted by Gasteiger charge is 2.50. The van der Waals surface area contributed by atoms with E-state index in [-0.39, 0.29) is 23.8 Å². The predicted octanol–water partition coefficient (Wildman–Crippen LogP) is 2.71. The molecule has 1 saturated heterocycles. The van der Waals surface area contributed by atoms with Crippen molar-refractivity contribution >= 4 is 11.7 Å². The van der Waals surface area contributed by atoms with Gasteiger partial charge in [-0.3, -0.25) is 14.5 Å². The maximum Gasteiger partial charge on any atom is 0.417 e. The fourth-order valence-electron chi connectivity index (χ4n) is 4.50. The number of nitrogens with zero attached hydrogens (tertiary/aromatic N) is 5. The summed E-state index contributed by atoms with van der Waals surface area (Å²) in [7, 11) is 1.61. The van der Waals surface area contributed by atoms with Crippen LogP contribution < -0.4 is 5.32 Å². The summed E-state index contributed by atoms with van der Waals surface area (Å²) in [5.74, 6) is -4.39. The molecule has 38 heavy (non-hydrogen) atoms. The first-order chi connectivity index (χ1) is 17.7. The second-order valence-electron chi connectivity index (χ2n) is 9.13. The molecule has 0 bridgehead atoms. The molecule has 1 fully saturated rings. The van der Waals surface area contributed by atoms with Gasteiger partial charge in [0, 0.05) is 25.5 Å². The molecule has 0 aromatic carbocycles. The quantitative estimate of drug-likeness (QED) is 0.335. The number of rotatable bonds is 5. The number of carbonyl (C=O) groups is 1. The summed E-state index contributed by atoms with van der Waals surface area (Å²) >= 11 is 0. The van der Waals surface area contributed by atoms with Gasteiger partial charge in [-0.05, 0) is 45.0 Å². The Balaban J connectivity index is 1.70. The third-order valence-electron chi connectivity index (χ3n) is 6.28. The second-order valence-corrected chi connectivity index (χ2v) is 9.13. The van der Waals surface area contributed by atoms with Crippen molar-refractivity contribution in [3.8, 4) is 11.3 Å². The molecule has 4 heterocycles. The second kappa shape index (κ2) is 9.93. The number of hydrogen-bond donors (Lipinski definition) is 3. The third kappa shape index (κ3) is 5.33. The standard InChI is InChI=1S/C24H26F4N6O4/c1-12-11-34(22(35)20-19(13(2)33(4)32-20)17-7-6-16(25)10-29-17)21(14(3)38-12)24(36,37)31-18-8-5-15(9-30-18)23(26,27)28/h5-10,12,14,21,36-37H,11H2,1-4H3,(H,30,31). The minimum Gasteiger partial charge on any atom is -0.371 e. The molecule has 3 aromatic heterocycles. The zero-order valence-electron chi connectivity index (χ0n) is 20.9. The number of aromatic nitrogens is 4. The summed E-state index contributed by atoms with van der Waals surface area (Å²) < 4.78 is 59.4. The maximum absolute atomic E-state index is 13.9. The van der Waals surface area contributed by atoms with E-state index in [1.807, 2.05) is 0 Å². The zero-order chi connectivity index (χ0) is 28.0. The van der Waals surface area contributed by atoms with Crippen LogP contribution >= 0.6 is 0 Å². The highest BCUT2D eigenvalue weighted by atomic mass is 19.4. The van der Waals surface area contributed by atoms with E-state index < -0.39 is 47.6 Å². The number of morpholine rings is 1. The molecule has 1 aliphatic rings. The first-order valence-corrected chi connectivity index (χ1v) is 11.6. The summed E-state index contributed by atoms with van der Waals surface area (Å²) in [6, 6.07) is 2.83. The zero-order valence-corrected chi connectivity index (χ0v) is 20.9. The summed E-state index contributed by atoms with van der Waals surface area (Å²) in [6.07, 6.45) is -4.50. The van der Waals surface area contributed by atoms with Gasteiger partial charge < -0.3 is 25.2 Å². The number of pyridine rings is 2. The number of ether oxygens (including phenoxy) is 1. The van der Waals surface area contributed by atoms with Gasteiger partial charge in [0.05, 0.1) is 35.2 Å². The molecule has 4 rings (SSSR count). The van der Waals surface area contributed by atoms with Gasteiger partial charge in [-0.2, -0.15) is 18.3 Å².